The fourth-order valence-corrected chi connectivity index (χ4v) is 2.78. The fourth-order valence-electron chi connectivity index (χ4n) is 2.59. The molecule has 10 radical (unpaired) electrons. The van der Waals surface area contributed by atoms with Crippen molar-refractivity contribution in [3.63, 3.8) is 0 Å². The van der Waals surface area contributed by atoms with Crippen LogP contribution < -0.4 is 0 Å². The molecule has 1 unspecified atom stereocenters. The summed E-state index contributed by atoms with van der Waals surface area (Å²) in [4.78, 5) is 0. The topological polar surface area (TPSA) is 0 Å². The van der Waals surface area contributed by atoms with Crippen molar-refractivity contribution in [1.29, 1.82) is 0 Å². The third-order valence-electron chi connectivity index (χ3n) is 4.61. The van der Waals surface area contributed by atoms with E-state index >= 15 is 0 Å². The standard InChI is InChI=1S/C15H19ClF3.2C5H5.C4H9.Zr/c1-12(6-4-2-3-5-11-16)13-7-9-14(10-8-13)15(17,18)19;2*1-2-4-5-3-1;1-3-4-2;/h7-10,12H,1-6,11H2;2*1-5H;1,3-4H2,2H3;/q-1;;;-1;+2. The van der Waals surface area contributed by atoms with Crippen LogP contribution in [0.25, 0.3) is 0 Å². The van der Waals surface area contributed by atoms with E-state index in [2.05, 4.69) is 20.8 Å². The van der Waals surface area contributed by atoms with Gasteiger partial charge >= 0.3 is 32.4 Å². The minimum atomic E-state index is -4.27. The summed E-state index contributed by atoms with van der Waals surface area (Å²) in [5, 5.41) is 0. The zero-order valence-corrected chi connectivity index (χ0v) is 23.5. The molecule has 3 rings (SSSR count). The van der Waals surface area contributed by atoms with Crippen LogP contribution in [0, 0.1) is 78.1 Å². The van der Waals surface area contributed by atoms with Gasteiger partial charge in [0.1, 0.15) is 0 Å². The Kier molecular flexibility index (Phi) is 26.6. The van der Waals surface area contributed by atoms with Crippen molar-refractivity contribution < 1.29 is 39.4 Å². The normalized spacial score (nSPS) is 15.5. The van der Waals surface area contributed by atoms with E-state index in [1.807, 2.05) is 64.2 Å². The quantitative estimate of drug-likeness (QED) is 0.166. The molecule has 0 amide bonds. The molecule has 0 bridgehead atoms. The first-order valence-electron chi connectivity index (χ1n) is 11.6. The van der Waals surface area contributed by atoms with Gasteiger partial charge < -0.3 is 13.8 Å². The summed E-state index contributed by atoms with van der Waals surface area (Å²) >= 11 is 5.59. The predicted octanol–water partition coefficient (Wildman–Crippen LogP) is 9.47. The van der Waals surface area contributed by atoms with E-state index in [-0.39, 0.29) is 32.1 Å². The fraction of sp³-hybridized carbons (Fsp3) is 0.379. The molecule has 1 aromatic carbocycles. The number of hydrogen-bond donors (Lipinski definition) is 0. The van der Waals surface area contributed by atoms with E-state index in [9.17, 15) is 13.2 Å². The maximum absolute atomic E-state index is 12.4. The maximum Gasteiger partial charge on any atom is 2.00 e. The van der Waals surface area contributed by atoms with Crippen LogP contribution in [0.3, 0.4) is 0 Å². The summed E-state index contributed by atoms with van der Waals surface area (Å²) in [7, 11) is 0. The van der Waals surface area contributed by atoms with Gasteiger partial charge in [-0.2, -0.15) is 19.6 Å². The molecule has 0 spiro atoms. The van der Waals surface area contributed by atoms with E-state index in [1.165, 1.54) is 18.6 Å². The zero-order valence-electron chi connectivity index (χ0n) is 20.2. The Morgan fingerprint density at radius 1 is 0.765 bits per heavy atom. The number of benzene rings is 1. The maximum atomic E-state index is 12.4. The minimum Gasteiger partial charge on any atom is -0.343 e. The molecule has 186 valence electrons. The van der Waals surface area contributed by atoms with Gasteiger partial charge in [0.2, 0.25) is 0 Å². The van der Waals surface area contributed by atoms with Crippen molar-refractivity contribution in [1.82, 2.24) is 0 Å². The Balaban J connectivity index is 0. The summed E-state index contributed by atoms with van der Waals surface area (Å²) in [5.41, 5.74) is 0.260. The third-order valence-corrected chi connectivity index (χ3v) is 4.88. The molecule has 2 fully saturated rings. The van der Waals surface area contributed by atoms with Crippen molar-refractivity contribution >= 4 is 11.6 Å². The number of rotatable bonds is 8. The monoisotopic (exact) mass is 568 g/mol. The summed E-state index contributed by atoms with van der Waals surface area (Å²) < 4.78 is 37.2. The van der Waals surface area contributed by atoms with Crippen molar-refractivity contribution in [2.75, 3.05) is 5.88 Å². The van der Waals surface area contributed by atoms with Gasteiger partial charge in [-0.3, -0.25) is 0 Å². The van der Waals surface area contributed by atoms with Crippen LogP contribution in [-0.2, 0) is 32.4 Å². The van der Waals surface area contributed by atoms with Gasteiger partial charge in [0, 0.05) is 5.88 Å². The first-order chi connectivity index (χ1) is 15.9. The van der Waals surface area contributed by atoms with Gasteiger partial charge in [-0.05, 0) is 82.8 Å². The Labute approximate surface area is 233 Å². The second kappa shape index (κ2) is 24.9. The molecule has 0 heterocycles. The average Bonchev–Trinajstić information content (AvgIpc) is 3.58. The van der Waals surface area contributed by atoms with E-state index in [0.717, 1.165) is 56.2 Å². The minimum absolute atomic E-state index is 0. The van der Waals surface area contributed by atoms with Gasteiger partial charge in [-0.15, -0.1) is 17.5 Å². The van der Waals surface area contributed by atoms with Gasteiger partial charge in [-0.1, -0.05) is 56.7 Å². The molecule has 1 atom stereocenters. The molecule has 0 aliphatic heterocycles. The second-order valence-electron chi connectivity index (χ2n) is 7.49. The Morgan fingerprint density at radius 3 is 1.47 bits per heavy atom. The summed E-state index contributed by atoms with van der Waals surface area (Å²) in [5.74, 6) is 0.741. The van der Waals surface area contributed by atoms with E-state index in [1.54, 1.807) is 0 Å². The number of hydrogen-bond acceptors (Lipinski definition) is 0. The first kappa shape index (κ1) is 36.3. The molecule has 2 aliphatic rings. The molecular formula is C29H38ClF3Zr. The van der Waals surface area contributed by atoms with Crippen LogP contribution in [0.1, 0.15) is 68.9 Å². The molecule has 34 heavy (non-hydrogen) atoms. The molecule has 0 nitrogen and oxygen atoms in total. The third kappa shape index (κ3) is 21.5. The van der Waals surface area contributed by atoms with Crippen molar-refractivity contribution in [2.45, 2.75) is 64.0 Å². The Morgan fingerprint density at radius 2 is 1.15 bits per heavy atom. The molecular weight excluding hydrogens is 532 g/mol. The second-order valence-corrected chi connectivity index (χ2v) is 7.86. The Hall–Kier alpha value is 0.183. The van der Waals surface area contributed by atoms with Gasteiger partial charge in [0.05, 0.1) is 5.56 Å². The van der Waals surface area contributed by atoms with Crippen molar-refractivity contribution in [3.05, 3.63) is 113 Å². The SMILES string of the molecule is [CH2-]C(CCCCCCCl)c1ccc(C(F)(F)F)cc1.[CH2-]CCC.[CH]1[CH][CH][CH][CH]1.[CH]1[CH][CH][CH][CH]1.[Zr+2]. The summed E-state index contributed by atoms with van der Waals surface area (Å²) in [6.45, 7) is 9.73. The van der Waals surface area contributed by atoms with Crippen molar-refractivity contribution in [3.8, 4) is 0 Å². The van der Waals surface area contributed by atoms with Crippen LogP contribution in [-0.4, -0.2) is 5.88 Å². The van der Waals surface area contributed by atoms with Gasteiger partial charge in [-0.25, -0.2) is 0 Å². The van der Waals surface area contributed by atoms with Gasteiger partial charge in [0.25, 0.3) is 0 Å². The number of alkyl halides is 4. The van der Waals surface area contributed by atoms with Crippen LogP contribution in [0.5, 0.6) is 0 Å². The molecule has 2 saturated carbocycles. The molecule has 1 aromatic rings. The molecule has 0 N–H and O–H groups in total. The number of halogens is 4. The van der Waals surface area contributed by atoms with E-state index in [0.29, 0.717) is 5.88 Å². The molecule has 5 heteroatoms. The van der Waals surface area contributed by atoms with Crippen LogP contribution >= 0.6 is 11.6 Å². The van der Waals surface area contributed by atoms with Crippen LogP contribution in [0.15, 0.2) is 24.3 Å². The van der Waals surface area contributed by atoms with Crippen LogP contribution in [0.4, 0.5) is 13.2 Å². The number of unbranched alkanes of at least 4 members (excludes halogenated alkanes) is 4. The largest absolute Gasteiger partial charge is 2.00 e. The molecule has 0 saturated heterocycles. The summed E-state index contributed by atoms with van der Waals surface area (Å²) in [6.07, 6.45) is 23.2. The molecule has 0 aromatic heterocycles. The van der Waals surface area contributed by atoms with Gasteiger partial charge in [0.15, 0.2) is 0 Å². The summed E-state index contributed by atoms with van der Waals surface area (Å²) in [6, 6.07) is 5.31. The first-order valence-corrected chi connectivity index (χ1v) is 12.1. The Bertz CT molecular complexity index is 496. The van der Waals surface area contributed by atoms with E-state index in [4.69, 9.17) is 11.6 Å². The average molecular weight is 570 g/mol. The van der Waals surface area contributed by atoms with Crippen LogP contribution in [0.2, 0.25) is 0 Å². The predicted molar refractivity (Wildman–Crippen MR) is 137 cm³/mol. The van der Waals surface area contributed by atoms with E-state index < -0.39 is 11.7 Å². The zero-order chi connectivity index (χ0) is 24.8. The smallest absolute Gasteiger partial charge is 0.343 e. The van der Waals surface area contributed by atoms with Crippen molar-refractivity contribution in [2.24, 2.45) is 0 Å². The molecule has 2 aliphatic carbocycles.